The van der Waals surface area contributed by atoms with E-state index in [-0.39, 0.29) is 17.6 Å². The van der Waals surface area contributed by atoms with Gasteiger partial charge in [-0.25, -0.2) is 9.37 Å². The minimum Gasteiger partial charge on any atom is -0.480 e. The first-order valence-electron chi connectivity index (χ1n) is 10.5. The van der Waals surface area contributed by atoms with Gasteiger partial charge in [-0.15, -0.1) is 0 Å². The van der Waals surface area contributed by atoms with E-state index >= 15 is 0 Å². The number of aromatic nitrogens is 2. The van der Waals surface area contributed by atoms with E-state index in [0.717, 1.165) is 37.6 Å². The van der Waals surface area contributed by atoms with Gasteiger partial charge >= 0.3 is 0 Å². The summed E-state index contributed by atoms with van der Waals surface area (Å²) in [4.78, 5) is 25.6. The highest BCUT2D eigenvalue weighted by Crippen LogP contribution is 2.29. The van der Waals surface area contributed by atoms with E-state index in [1.165, 1.54) is 19.4 Å². The number of piperazine rings is 1. The second-order valence-electron chi connectivity index (χ2n) is 7.59. The molecule has 0 atom stereocenters. The van der Waals surface area contributed by atoms with Crippen LogP contribution in [0.25, 0.3) is 0 Å². The molecular weight excluding hydrogens is 423 g/mol. The molecule has 2 aromatic heterocycles. The fourth-order valence-corrected chi connectivity index (χ4v) is 3.77. The molecule has 0 unspecified atom stereocenters. The lowest BCUT2D eigenvalue weighted by molar-refractivity contribution is 0.102. The fraction of sp³-hybridized carbons (Fsp3) is 0.250. The number of anilines is 2. The van der Waals surface area contributed by atoms with Crippen LogP contribution in [0.1, 0.15) is 21.6 Å². The lowest BCUT2D eigenvalue weighted by Crippen LogP contribution is -2.46. The summed E-state index contributed by atoms with van der Waals surface area (Å²) in [6, 6.07) is 13.8. The highest BCUT2D eigenvalue weighted by Gasteiger charge is 2.22. The van der Waals surface area contributed by atoms with Crippen LogP contribution in [0.15, 0.2) is 54.9 Å². The number of rotatable bonds is 6. The van der Waals surface area contributed by atoms with Gasteiger partial charge in [0.1, 0.15) is 11.4 Å². The van der Waals surface area contributed by atoms with Crippen molar-refractivity contribution in [3.05, 3.63) is 77.5 Å². The Morgan fingerprint density at radius 2 is 2.00 bits per heavy atom. The predicted molar refractivity (Wildman–Crippen MR) is 122 cm³/mol. The Morgan fingerprint density at radius 3 is 2.70 bits per heavy atom. The van der Waals surface area contributed by atoms with Gasteiger partial charge in [0.15, 0.2) is 0 Å². The Bertz CT molecular complexity index is 1170. The maximum absolute atomic E-state index is 13.1. The van der Waals surface area contributed by atoms with Gasteiger partial charge in [0, 0.05) is 38.9 Å². The zero-order valence-electron chi connectivity index (χ0n) is 18.2. The number of halogens is 1. The minimum absolute atomic E-state index is 0.232. The molecule has 8 nitrogen and oxygen atoms in total. The van der Waals surface area contributed by atoms with Gasteiger partial charge in [0.05, 0.1) is 42.0 Å². The molecule has 1 aliphatic rings. The van der Waals surface area contributed by atoms with Crippen LogP contribution in [-0.2, 0) is 6.54 Å². The summed E-state index contributed by atoms with van der Waals surface area (Å²) >= 11 is 0. The van der Waals surface area contributed by atoms with Crippen LogP contribution in [0, 0.1) is 17.1 Å². The molecule has 0 saturated carbocycles. The van der Waals surface area contributed by atoms with Crippen LogP contribution >= 0.6 is 0 Å². The number of nitriles is 1. The van der Waals surface area contributed by atoms with Crippen molar-refractivity contribution >= 4 is 17.3 Å². The highest BCUT2D eigenvalue weighted by atomic mass is 19.1. The van der Waals surface area contributed by atoms with Crippen LogP contribution in [0.4, 0.5) is 15.8 Å². The Kier molecular flexibility index (Phi) is 6.76. The number of benzene rings is 1. The summed E-state index contributed by atoms with van der Waals surface area (Å²) in [7, 11) is 1.46. The number of methoxy groups -OCH3 is 1. The van der Waals surface area contributed by atoms with Crippen LogP contribution in [0.2, 0.25) is 0 Å². The highest BCUT2D eigenvalue weighted by molar-refractivity contribution is 6.07. The number of pyridine rings is 2. The smallest absolute Gasteiger partial charge is 0.261 e. The summed E-state index contributed by atoms with van der Waals surface area (Å²) < 4.78 is 18.3. The molecule has 4 rings (SSSR count). The molecule has 1 N–H and O–H groups in total. The van der Waals surface area contributed by atoms with E-state index in [4.69, 9.17) is 4.74 Å². The third-order valence-electron chi connectivity index (χ3n) is 5.47. The van der Waals surface area contributed by atoms with E-state index < -0.39 is 0 Å². The third kappa shape index (κ3) is 5.25. The number of ether oxygens (including phenoxy) is 1. The monoisotopic (exact) mass is 446 g/mol. The quantitative estimate of drug-likeness (QED) is 0.622. The van der Waals surface area contributed by atoms with E-state index in [1.807, 2.05) is 6.07 Å². The van der Waals surface area contributed by atoms with Gasteiger partial charge in [-0.1, -0.05) is 0 Å². The van der Waals surface area contributed by atoms with Crippen molar-refractivity contribution in [1.82, 2.24) is 14.9 Å². The first-order chi connectivity index (χ1) is 16.1. The second-order valence-corrected chi connectivity index (χ2v) is 7.59. The average Bonchev–Trinajstić information content (AvgIpc) is 2.86. The zero-order valence-corrected chi connectivity index (χ0v) is 18.2. The lowest BCUT2D eigenvalue weighted by Gasteiger charge is -2.36. The molecule has 0 spiro atoms. The van der Waals surface area contributed by atoms with Gasteiger partial charge in [0.2, 0.25) is 5.88 Å². The largest absolute Gasteiger partial charge is 0.480 e. The second kappa shape index (κ2) is 10.1. The Morgan fingerprint density at radius 1 is 1.18 bits per heavy atom. The number of hydrogen-bond donors (Lipinski definition) is 1. The Balaban J connectivity index is 1.48. The van der Waals surface area contributed by atoms with Gasteiger partial charge in [-0.05, 0) is 42.5 Å². The van der Waals surface area contributed by atoms with E-state index in [1.54, 1.807) is 36.5 Å². The molecular formula is C24H23FN6O2. The molecule has 1 saturated heterocycles. The van der Waals surface area contributed by atoms with Gasteiger partial charge in [0.25, 0.3) is 5.91 Å². The van der Waals surface area contributed by atoms with Crippen molar-refractivity contribution in [3.8, 4) is 11.9 Å². The van der Waals surface area contributed by atoms with Crippen molar-refractivity contribution in [1.29, 1.82) is 5.26 Å². The Labute approximate surface area is 191 Å². The first kappa shape index (κ1) is 22.2. The van der Waals surface area contributed by atoms with E-state index in [0.29, 0.717) is 23.4 Å². The summed E-state index contributed by atoms with van der Waals surface area (Å²) in [5, 5.41) is 12.3. The zero-order chi connectivity index (χ0) is 23.2. The molecule has 9 heteroatoms. The molecule has 1 aromatic carbocycles. The Hall–Kier alpha value is -4.03. The fourth-order valence-electron chi connectivity index (χ4n) is 3.77. The molecule has 0 bridgehead atoms. The number of hydrogen-bond acceptors (Lipinski definition) is 7. The van der Waals surface area contributed by atoms with Gasteiger partial charge < -0.3 is 15.0 Å². The van der Waals surface area contributed by atoms with Crippen molar-refractivity contribution < 1.29 is 13.9 Å². The molecule has 1 aliphatic heterocycles. The van der Waals surface area contributed by atoms with Crippen molar-refractivity contribution in [2.24, 2.45) is 0 Å². The summed E-state index contributed by atoms with van der Waals surface area (Å²) in [5.41, 5.74) is 2.98. The molecule has 3 heterocycles. The lowest BCUT2D eigenvalue weighted by atomic mass is 10.1. The summed E-state index contributed by atoms with van der Waals surface area (Å²) in [6.07, 6.45) is 2.78. The molecule has 33 heavy (non-hydrogen) atoms. The third-order valence-corrected chi connectivity index (χ3v) is 5.47. The predicted octanol–water partition coefficient (Wildman–Crippen LogP) is 3.07. The minimum atomic E-state index is -0.364. The van der Waals surface area contributed by atoms with Crippen LogP contribution in [0.3, 0.4) is 0 Å². The van der Waals surface area contributed by atoms with Gasteiger partial charge in [-0.2, -0.15) is 5.26 Å². The number of nitrogens with one attached hydrogen (secondary N) is 1. The van der Waals surface area contributed by atoms with E-state index in [9.17, 15) is 14.4 Å². The first-order valence-corrected chi connectivity index (χ1v) is 10.5. The van der Waals surface area contributed by atoms with Crippen molar-refractivity contribution in [2.75, 3.05) is 43.5 Å². The molecule has 0 aliphatic carbocycles. The topological polar surface area (TPSA) is 94.4 Å². The van der Waals surface area contributed by atoms with Crippen LogP contribution < -0.4 is 15.0 Å². The maximum atomic E-state index is 13.1. The molecule has 1 amide bonds. The number of carbonyl (C=O) groups excluding carboxylic acids is 1. The van der Waals surface area contributed by atoms with Crippen molar-refractivity contribution in [3.63, 3.8) is 0 Å². The van der Waals surface area contributed by atoms with Gasteiger partial charge in [-0.3, -0.25) is 14.7 Å². The summed E-state index contributed by atoms with van der Waals surface area (Å²) in [5.74, 6) is -0.476. The molecule has 0 radical (unpaired) electrons. The number of nitrogens with zero attached hydrogens (tertiary/aromatic N) is 5. The number of carbonyl (C=O) groups is 1. The van der Waals surface area contributed by atoms with E-state index in [2.05, 4.69) is 31.2 Å². The molecule has 1 fully saturated rings. The average molecular weight is 446 g/mol. The summed E-state index contributed by atoms with van der Waals surface area (Å²) in [6.45, 7) is 3.66. The standard InChI is InChI=1S/C24H23FN6O2/c1-33-24-20(3-2-8-27-24)23(32)29-21-13-17(14-26)4-7-22(21)31-11-9-30(10-12-31)16-19-6-5-18(25)15-28-19/h2-8,13,15H,9-12,16H2,1H3,(H,29,32). The SMILES string of the molecule is COc1ncccc1C(=O)Nc1cc(C#N)ccc1N1CCN(Cc2ccc(F)cn2)CC1. The maximum Gasteiger partial charge on any atom is 0.261 e. The van der Waals surface area contributed by atoms with Crippen LogP contribution in [0.5, 0.6) is 5.88 Å². The number of amides is 1. The van der Waals surface area contributed by atoms with Crippen molar-refractivity contribution in [2.45, 2.75) is 6.54 Å². The van der Waals surface area contributed by atoms with Crippen LogP contribution in [-0.4, -0.2) is 54.1 Å². The molecule has 168 valence electrons. The normalized spacial score (nSPS) is 13.9. The molecule has 3 aromatic rings.